The molecule has 108 valence electrons. The molecule has 4 heteroatoms. The summed E-state index contributed by atoms with van der Waals surface area (Å²) in [6, 6.07) is 9.79. The normalized spacial score (nSPS) is 26.0. The lowest BCUT2D eigenvalue weighted by atomic mass is 10.1. The summed E-state index contributed by atoms with van der Waals surface area (Å²) in [5.74, 6) is 1.16. The zero-order valence-electron chi connectivity index (χ0n) is 12.8. The maximum Gasteiger partial charge on any atom is 0.126 e. The van der Waals surface area contributed by atoms with Crippen LogP contribution in [0, 0.1) is 0 Å². The molecule has 0 spiro atoms. The Kier molecular flexibility index (Phi) is 3.52. The highest BCUT2D eigenvalue weighted by atomic mass is 15.3. The molecule has 0 aliphatic carbocycles. The van der Waals surface area contributed by atoms with Crippen LogP contribution in [0.4, 0.5) is 0 Å². The summed E-state index contributed by atoms with van der Waals surface area (Å²) in [6.45, 7) is 8.94. The third-order valence-corrected chi connectivity index (χ3v) is 4.51. The van der Waals surface area contributed by atoms with Gasteiger partial charge in [-0.3, -0.25) is 4.90 Å². The fourth-order valence-corrected chi connectivity index (χ4v) is 3.28. The fraction of sp³-hybridized carbons (Fsp3) is 0.562. The molecule has 4 nitrogen and oxygen atoms in total. The number of aromatic nitrogens is 2. The number of hydrogen-bond acceptors (Lipinski definition) is 3. The third kappa shape index (κ3) is 2.23. The Balaban J connectivity index is 1.95. The molecule has 1 aliphatic heterocycles. The number of imidazole rings is 1. The van der Waals surface area contributed by atoms with Crippen molar-refractivity contribution < 1.29 is 0 Å². The van der Waals surface area contributed by atoms with Crippen molar-refractivity contribution in [3.05, 3.63) is 30.1 Å². The maximum absolute atomic E-state index is 4.85. The van der Waals surface area contributed by atoms with Gasteiger partial charge in [-0.2, -0.15) is 0 Å². The number of hydrogen-bond donors (Lipinski definition) is 1. The van der Waals surface area contributed by atoms with E-state index in [0.29, 0.717) is 18.1 Å². The molecule has 0 radical (unpaired) electrons. The first-order valence-electron chi connectivity index (χ1n) is 7.48. The first kappa shape index (κ1) is 13.6. The van der Waals surface area contributed by atoms with Crippen LogP contribution in [0.3, 0.4) is 0 Å². The van der Waals surface area contributed by atoms with E-state index < -0.39 is 0 Å². The van der Waals surface area contributed by atoms with Crippen molar-refractivity contribution in [3.63, 3.8) is 0 Å². The molecule has 1 aromatic carbocycles. The van der Waals surface area contributed by atoms with Crippen LogP contribution in [0.15, 0.2) is 24.3 Å². The predicted molar refractivity (Wildman–Crippen MR) is 82.8 cm³/mol. The smallest absolute Gasteiger partial charge is 0.126 e. The van der Waals surface area contributed by atoms with E-state index in [0.717, 1.165) is 24.4 Å². The second-order valence-electron chi connectivity index (χ2n) is 6.05. The Morgan fingerprint density at radius 1 is 1.30 bits per heavy atom. The van der Waals surface area contributed by atoms with E-state index in [4.69, 9.17) is 4.98 Å². The zero-order valence-corrected chi connectivity index (χ0v) is 12.8. The fourth-order valence-electron chi connectivity index (χ4n) is 3.28. The standard InChI is InChI=1S/C16H24N4/c1-11-10-20(12(2)9-17-11)13(3)16-18-14-7-5-6-8-15(14)19(16)4/h5-8,11-13,17H,9-10H2,1-4H3. The molecule has 3 unspecified atom stereocenters. The number of para-hydroxylation sites is 2. The lowest BCUT2D eigenvalue weighted by Gasteiger charge is -2.41. The summed E-state index contributed by atoms with van der Waals surface area (Å²) in [5.41, 5.74) is 2.30. The van der Waals surface area contributed by atoms with E-state index in [9.17, 15) is 0 Å². The van der Waals surface area contributed by atoms with Gasteiger partial charge in [0.25, 0.3) is 0 Å². The third-order valence-electron chi connectivity index (χ3n) is 4.51. The average molecular weight is 272 g/mol. The second-order valence-corrected chi connectivity index (χ2v) is 6.05. The molecule has 0 saturated carbocycles. The Morgan fingerprint density at radius 3 is 2.80 bits per heavy atom. The molecule has 2 aromatic rings. The summed E-state index contributed by atoms with van der Waals surface area (Å²) < 4.78 is 2.24. The van der Waals surface area contributed by atoms with Crippen LogP contribution in [0.25, 0.3) is 11.0 Å². The Labute approximate surface area is 120 Å². The molecule has 0 bridgehead atoms. The molecule has 3 rings (SSSR count). The molecule has 1 aliphatic rings. The predicted octanol–water partition coefficient (Wildman–Crippen LogP) is 2.32. The molecular formula is C16H24N4. The van der Waals surface area contributed by atoms with Crippen LogP contribution in [-0.2, 0) is 7.05 Å². The van der Waals surface area contributed by atoms with Gasteiger partial charge in [-0.15, -0.1) is 0 Å². The van der Waals surface area contributed by atoms with Gasteiger partial charge in [0, 0.05) is 32.2 Å². The highest BCUT2D eigenvalue weighted by molar-refractivity contribution is 5.75. The number of fused-ring (bicyclic) bond motifs is 1. The lowest BCUT2D eigenvalue weighted by Crippen LogP contribution is -2.55. The van der Waals surface area contributed by atoms with Gasteiger partial charge >= 0.3 is 0 Å². The summed E-state index contributed by atoms with van der Waals surface area (Å²) in [5, 5.41) is 3.54. The zero-order chi connectivity index (χ0) is 14.3. The molecule has 3 atom stereocenters. The first-order chi connectivity index (χ1) is 9.58. The average Bonchev–Trinajstić information content (AvgIpc) is 2.79. The number of nitrogens with zero attached hydrogens (tertiary/aromatic N) is 3. The van der Waals surface area contributed by atoms with Gasteiger partial charge in [-0.05, 0) is 32.9 Å². The second kappa shape index (κ2) is 5.19. The monoisotopic (exact) mass is 272 g/mol. The van der Waals surface area contributed by atoms with Gasteiger partial charge in [-0.25, -0.2) is 4.98 Å². The molecule has 1 fully saturated rings. The SMILES string of the molecule is CC1CN(C(C)c2nc3ccccc3n2C)C(C)CN1. The van der Waals surface area contributed by atoms with E-state index >= 15 is 0 Å². The number of nitrogens with one attached hydrogen (secondary N) is 1. The Morgan fingerprint density at radius 2 is 2.05 bits per heavy atom. The van der Waals surface area contributed by atoms with E-state index in [2.05, 4.69) is 66.9 Å². The molecular weight excluding hydrogens is 248 g/mol. The van der Waals surface area contributed by atoms with Crippen molar-refractivity contribution in [2.45, 2.75) is 38.9 Å². The largest absolute Gasteiger partial charge is 0.330 e. The van der Waals surface area contributed by atoms with Crippen molar-refractivity contribution in [3.8, 4) is 0 Å². The van der Waals surface area contributed by atoms with E-state index in [1.165, 1.54) is 5.52 Å². The van der Waals surface area contributed by atoms with Crippen molar-refractivity contribution in [2.24, 2.45) is 7.05 Å². The topological polar surface area (TPSA) is 33.1 Å². The molecule has 1 N–H and O–H groups in total. The minimum absolute atomic E-state index is 0.340. The molecule has 1 aromatic heterocycles. The number of piperazine rings is 1. The first-order valence-corrected chi connectivity index (χ1v) is 7.48. The van der Waals surface area contributed by atoms with Crippen molar-refractivity contribution in [1.82, 2.24) is 19.8 Å². The summed E-state index contributed by atoms with van der Waals surface area (Å²) in [4.78, 5) is 7.41. The van der Waals surface area contributed by atoms with Crippen LogP contribution in [0.1, 0.15) is 32.6 Å². The van der Waals surface area contributed by atoms with Gasteiger partial charge < -0.3 is 9.88 Å². The van der Waals surface area contributed by atoms with Crippen LogP contribution in [0.5, 0.6) is 0 Å². The molecule has 20 heavy (non-hydrogen) atoms. The highest BCUT2D eigenvalue weighted by Gasteiger charge is 2.29. The van der Waals surface area contributed by atoms with Gasteiger partial charge in [0.05, 0.1) is 17.1 Å². The van der Waals surface area contributed by atoms with Crippen molar-refractivity contribution in [2.75, 3.05) is 13.1 Å². The van der Waals surface area contributed by atoms with Gasteiger partial charge in [0.2, 0.25) is 0 Å². The minimum atomic E-state index is 0.340. The minimum Gasteiger partial charge on any atom is -0.330 e. The van der Waals surface area contributed by atoms with Crippen LogP contribution in [-0.4, -0.2) is 39.6 Å². The number of aryl methyl sites for hydroxylation is 1. The maximum atomic E-state index is 4.85. The Bertz CT molecular complexity index is 604. The summed E-state index contributed by atoms with van der Waals surface area (Å²) >= 11 is 0. The highest BCUT2D eigenvalue weighted by Crippen LogP contribution is 2.26. The van der Waals surface area contributed by atoms with Gasteiger partial charge in [0.1, 0.15) is 5.82 Å². The summed E-state index contributed by atoms with van der Waals surface area (Å²) in [6.07, 6.45) is 0. The number of rotatable bonds is 2. The molecule has 1 saturated heterocycles. The van der Waals surface area contributed by atoms with Gasteiger partial charge in [0.15, 0.2) is 0 Å². The quantitative estimate of drug-likeness (QED) is 0.911. The van der Waals surface area contributed by atoms with E-state index in [-0.39, 0.29) is 0 Å². The van der Waals surface area contributed by atoms with E-state index in [1.807, 2.05) is 0 Å². The Hall–Kier alpha value is -1.39. The number of benzene rings is 1. The van der Waals surface area contributed by atoms with Crippen LogP contribution >= 0.6 is 0 Å². The summed E-state index contributed by atoms with van der Waals surface area (Å²) in [7, 11) is 2.12. The lowest BCUT2D eigenvalue weighted by molar-refractivity contribution is 0.0980. The van der Waals surface area contributed by atoms with Crippen molar-refractivity contribution in [1.29, 1.82) is 0 Å². The molecule has 2 heterocycles. The van der Waals surface area contributed by atoms with E-state index in [1.54, 1.807) is 0 Å². The van der Waals surface area contributed by atoms with Crippen molar-refractivity contribution >= 4 is 11.0 Å². The van der Waals surface area contributed by atoms with Crippen LogP contribution < -0.4 is 5.32 Å². The van der Waals surface area contributed by atoms with Crippen LogP contribution in [0.2, 0.25) is 0 Å². The molecule has 0 amide bonds. The van der Waals surface area contributed by atoms with Gasteiger partial charge in [-0.1, -0.05) is 12.1 Å².